The summed E-state index contributed by atoms with van der Waals surface area (Å²) < 4.78 is 0. The number of rotatable bonds is 4. The third kappa shape index (κ3) is 2.92. The molecule has 2 N–H and O–H groups in total. The van der Waals surface area contributed by atoms with Gasteiger partial charge in [-0.15, -0.1) is 11.3 Å². The maximum atomic E-state index is 12.2. The van der Waals surface area contributed by atoms with Crippen LogP contribution in [0.3, 0.4) is 0 Å². The van der Waals surface area contributed by atoms with Crippen LogP contribution in [0.15, 0.2) is 35.7 Å². The second kappa shape index (κ2) is 6.03. The molecule has 0 aliphatic heterocycles. The van der Waals surface area contributed by atoms with Crippen LogP contribution in [0.4, 0.5) is 10.7 Å². The molecule has 1 aromatic carbocycles. The Balaban J connectivity index is 2.23. The quantitative estimate of drug-likeness (QED) is 0.896. The second-order valence-electron chi connectivity index (χ2n) is 3.81. The molecule has 0 aliphatic carbocycles. The zero-order valence-electron chi connectivity index (χ0n) is 10.4. The Morgan fingerprint density at radius 3 is 2.89 bits per heavy atom. The largest absolute Gasteiger partial charge is 0.385 e. The van der Waals surface area contributed by atoms with Crippen LogP contribution in [0, 0.1) is 11.3 Å². The number of benzene rings is 1. The van der Waals surface area contributed by atoms with Gasteiger partial charge in [0.25, 0.3) is 5.91 Å². The van der Waals surface area contributed by atoms with Crippen molar-refractivity contribution in [2.45, 2.75) is 6.92 Å². The molecule has 0 bridgehead atoms. The van der Waals surface area contributed by atoms with Gasteiger partial charge in [0.15, 0.2) is 0 Å². The van der Waals surface area contributed by atoms with E-state index >= 15 is 0 Å². The molecule has 0 unspecified atom stereocenters. The standard InChI is InChI=1S/C14H13N3OS/c1-2-16-12-6-4-3-5-11(12)13(18)17-14-10(9-15)7-8-19-14/h3-8,16H,2H2,1H3,(H,17,18). The topological polar surface area (TPSA) is 64.9 Å². The van der Waals surface area contributed by atoms with Crippen molar-refractivity contribution in [3.8, 4) is 6.07 Å². The average molecular weight is 271 g/mol. The normalized spacial score (nSPS) is 9.68. The highest BCUT2D eigenvalue weighted by Gasteiger charge is 2.13. The van der Waals surface area contributed by atoms with E-state index in [4.69, 9.17) is 5.26 Å². The van der Waals surface area contributed by atoms with Gasteiger partial charge in [0, 0.05) is 12.2 Å². The summed E-state index contributed by atoms with van der Waals surface area (Å²) in [7, 11) is 0. The molecule has 1 heterocycles. The lowest BCUT2D eigenvalue weighted by atomic mass is 10.1. The summed E-state index contributed by atoms with van der Waals surface area (Å²) in [5.41, 5.74) is 1.85. The highest BCUT2D eigenvalue weighted by molar-refractivity contribution is 7.14. The molecule has 4 nitrogen and oxygen atoms in total. The zero-order valence-corrected chi connectivity index (χ0v) is 11.3. The molecule has 2 rings (SSSR count). The van der Waals surface area contributed by atoms with Gasteiger partial charge in [0.1, 0.15) is 11.1 Å². The fourth-order valence-electron chi connectivity index (χ4n) is 1.69. The van der Waals surface area contributed by atoms with Crippen LogP contribution in [0.25, 0.3) is 0 Å². The highest BCUT2D eigenvalue weighted by atomic mass is 32.1. The van der Waals surface area contributed by atoms with Crippen LogP contribution in [-0.4, -0.2) is 12.5 Å². The van der Waals surface area contributed by atoms with Crippen molar-refractivity contribution >= 4 is 27.9 Å². The first-order chi connectivity index (χ1) is 9.26. The Morgan fingerprint density at radius 2 is 2.16 bits per heavy atom. The third-order valence-corrected chi connectivity index (χ3v) is 3.38. The number of carbonyl (C=O) groups is 1. The predicted molar refractivity (Wildman–Crippen MR) is 77.6 cm³/mol. The molecule has 1 aromatic heterocycles. The molecule has 0 spiro atoms. The first kappa shape index (κ1) is 13.1. The van der Waals surface area contributed by atoms with E-state index in [0.29, 0.717) is 16.1 Å². The van der Waals surface area contributed by atoms with Gasteiger partial charge in [-0.05, 0) is 30.5 Å². The lowest BCUT2D eigenvalue weighted by Crippen LogP contribution is -2.14. The minimum atomic E-state index is -0.213. The van der Waals surface area contributed by atoms with Gasteiger partial charge in [0.2, 0.25) is 0 Å². The van der Waals surface area contributed by atoms with Crippen LogP contribution in [0.1, 0.15) is 22.8 Å². The minimum Gasteiger partial charge on any atom is -0.385 e. The molecule has 19 heavy (non-hydrogen) atoms. The molecule has 2 aromatic rings. The van der Waals surface area contributed by atoms with E-state index in [1.165, 1.54) is 11.3 Å². The average Bonchev–Trinajstić information content (AvgIpc) is 2.87. The molecule has 0 radical (unpaired) electrons. The number of anilines is 2. The summed E-state index contributed by atoms with van der Waals surface area (Å²) in [6.45, 7) is 2.72. The van der Waals surface area contributed by atoms with E-state index in [1.807, 2.05) is 25.1 Å². The Kier molecular flexibility index (Phi) is 4.16. The van der Waals surface area contributed by atoms with Crippen molar-refractivity contribution in [1.82, 2.24) is 0 Å². The van der Waals surface area contributed by atoms with Crippen molar-refractivity contribution in [1.29, 1.82) is 5.26 Å². The number of hydrogen-bond acceptors (Lipinski definition) is 4. The van der Waals surface area contributed by atoms with Crippen LogP contribution >= 0.6 is 11.3 Å². The Morgan fingerprint density at radius 1 is 1.37 bits per heavy atom. The van der Waals surface area contributed by atoms with E-state index < -0.39 is 0 Å². The number of para-hydroxylation sites is 1. The van der Waals surface area contributed by atoms with Crippen LogP contribution < -0.4 is 10.6 Å². The Hall–Kier alpha value is -2.32. The molecular formula is C14H13N3OS. The smallest absolute Gasteiger partial charge is 0.258 e. The van der Waals surface area contributed by atoms with Gasteiger partial charge >= 0.3 is 0 Å². The number of nitrogens with zero attached hydrogens (tertiary/aromatic N) is 1. The number of nitriles is 1. The van der Waals surface area contributed by atoms with E-state index in [-0.39, 0.29) is 5.91 Å². The summed E-state index contributed by atoms with van der Waals surface area (Å²) in [5.74, 6) is -0.213. The summed E-state index contributed by atoms with van der Waals surface area (Å²) in [5, 5.41) is 17.2. The first-order valence-corrected chi connectivity index (χ1v) is 6.76. The van der Waals surface area contributed by atoms with Gasteiger partial charge in [-0.3, -0.25) is 4.79 Å². The summed E-state index contributed by atoms with van der Waals surface area (Å²) in [6, 6.07) is 11.0. The lowest BCUT2D eigenvalue weighted by Gasteiger charge is -2.10. The highest BCUT2D eigenvalue weighted by Crippen LogP contribution is 2.24. The third-order valence-electron chi connectivity index (χ3n) is 2.55. The molecule has 0 atom stereocenters. The van der Waals surface area contributed by atoms with Crippen molar-refractivity contribution < 1.29 is 4.79 Å². The van der Waals surface area contributed by atoms with Crippen molar-refractivity contribution in [2.75, 3.05) is 17.2 Å². The number of nitrogens with one attached hydrogen (secondary N) is 2. The fourth-order valence-corrected chi connectivity index (χ4v) is 2.42. The maximum absolute atomic E-state index is 12.2. The van der Waals surface area contributed by atoms with Gasteiger partial charge in [-0.1, -0.05) is 12.1 Å². The van der Waals surface area contributed by atoms with E-state index in [1.54, 1.807) is 17.5 Å². The van der Waals surface area contributed by atoms with E-state index in [2.05, 4.69) is 16.7 Å². The first-order valence-electron chi connectivity index (χ1n) is 5.88. The monoisotopic (exact) mass is 271 g/mol. The van der Waals surface area contributed by atoms with Crippen LogP contribution in [0.2, 0.25) is 0 Å². The molecule has 1 amide bonds. The summed E-state index contributed by atoms with van der Waals surface area (Å²) >= 11 is 1.34. The lowest BCUT2D eigenvalue weighted by molar-refractivity contribution is 0.102. The number of thiophene rings is 1. The van der Waals surface area contributed by atoms with E-state index in [0.717, 1.165) is 12.2 Å². The predicted octanol–water partition coefficient (Wildman–Crippen LogP) is 3.30. The molecule has 96 valence electrons. The molecule has 0 saturated heterocycles. The molecule has 0 aliphatic rings. The number of hydrogen-bond donors (Lipinski definition) is 2. The number of amides is 1. The molecule has 5 heteroatoms. The zero-order chi connectivity index (χ0) is 13.7. The molecule has 0 saturated carbocycles. The SMILES string of the molecule is CCNc1ccccc1C(=O)Nc1sccc1C#N. The number of carbonyl (C=O) groups excluding carboxylic acids is 1. The van der Waals surface area contributed by atoms with Crippen molar-refractivity contribution in [3.63, 3.8) is 0 Å². The van der Waals surface area contributed by atoms with E-state index in [9.17, 15) is 4.79 Å². The summed E-state index contributed by atoms with van der Waals surface area (Å²) in [4.78, 5) is 12.2. The van der Waals surface area contributed by atoms with Crippen molar-refractivity contribution in [3.05, 3.63) is 46.8 Å². The fraction of sp³-hybridized carbons (Fsp3) is 0.143. The minimum absolute atomic E-state index is 0.213. The van der Waals surface area contributed by atoms with Crippen LogP contribution in [-0.2, 0) is 0 Å². The maximum Gasteiger partial charge on any atom is 0.258 e. The molecular weight excluding hydrogens is 258 g/mol. The Labute approximate surface area is 115 Å². The molecule has 0 fully saturated rings. The van der Waals surface area contributed by atoms with Gasteiger partial charge in [0.05, 0.1) is 11.1 Å². The van der Waals surface area contributed by atoms with Gasteiger partial charge < -0.3 is 10.6 Å². The van der Waals surface area contributed by atoms with Crippen LogP contribution in [0.5, 0.6) is 0 Å². The van der Waals surface area contributed by atoms with Gasteiger partial charge in [-0.2, -0.15) is 5.26 Å². The second-order valence-corrected chi connectivity index (χ2v) is 4.72. The summed E-state index contributed by atoms with van der Waals surface area (Å²) in [6.07, 6.45) is 0. The van der Waals surface area contributed by atoms with Gasteiger partial charge in [-0.25, -0.2) is 0 Å². The van der Waals surface area contributed by atoms with Crippen molar-refractivity contribution in [2.24, 2.45) is 0 Å². The Bertz CT molecular complexity index is 628.